The average Bonchev–Trinajstić information content (AvgIpc) is 2.45. The molecule has 2 N–H and O–H groups in total. The molecular weight excluding hydrogens is 281 g/mol. The van der Waals surface area contributed by atoms with Gasteiger partial charge in [0.1, 0.15) is 5.75 Å². The standard InChI is InChI=1S/C19H25NO.Na.H/c1-13(2)16-9-7-10-17(14(3)4)19(16)20-12-15-8-5-6-11-18(15)21;;/h5-11,13-14,20-21H,12H2,1-4H3;;/q;+1;-1. The summed E-state index contributed by atoms with van der Waals surface area (Å²) in [5, 5.41) is 13.4. The SMILES string of the molecule is CC(C)c1cccc(C(C)C)c1NCc1ccccc1O.[H-].[Na+]. The van der Waals surface area contributed by atoms with Gasteiger partial charge >= 0.3 is 29.6 Å². The fraction of sp³-hybridized carbons (Fsp3) is 0.368. The van der Waals surface area contributed by atoms with E-state index < -0.39 is 0 Å². The van der Waals surface area contributed by atoms with Crippen LogP contribution in [0.3, 0.4) is 0 Å². The Bertz CT molecular complexity index is 588. The number of hydrogen-bond donors (Lipinski definition) is 2. The monoisotopic (exact) mass is 307 g/mol. The third-order valence-corrected chi connectivity index (χ3v) is 3.82. The molecule has 0 aliphatic heterocycles. The Labute approximate surface area is 157 Å². The molecule has 0 atom stereocenters. The van der Waals surface area contributed by atoms with Crippen LogP contribution in [0.15, 0.2) is 42.5 Å². The predicted octanol–water partition coefficient (Wildman–Crippen LogP) is 2.37. The van der Waals surface area contributed by atoms with Crippen molar-refractivity contribution in [1.29, 1.82) is 0 Å². The Morgan fingerprint density at radius 2 is 1.45 bits per heavy atom. The molecule has 0 heterocycles. The second-order valence-electron chi connectivity index (χ2n) is 6.10. The van der Waals surface area contributed by atoms with Crippen LogP contribution in [-0.2, 0) is 6.54 Å². The van der Waals surface area contributed by atoms with E-state index in [1.54, 1.807) is 6.07 Å². The van der Waals surface area contributed by atoms with Crippen molar-refractivity contribution in [2.45, 2.75) is 46.1 Å². The van der Waals surface area contributed by atoms with Gasteiger partial charge in [0.2, 0.25) is 0 Å². The molecule has 3 heteroatoms. The molecule has 114 valence electrons. The number of hydrogen-bond acceptors (Lipinski definition) is 2. The molecule has 0 saturated heterocycles. The van der Waals surface area contributed by atoms with Crippen LogP contribution in [0.5, 0.6) is 5.75 Å². The van der Waals surface area contributed by atoms with Crippen LogP contribution in [-0.4, -0.2) is 5.11 Å². The second-order valence-corrected chi connectivity index (χ2v) is 6.10. The molecule has 0 aromatic heterocycles. The van der Waals surface area contributed by atoms with Crippen molar-refractivity contribution in [1.82, 2.24) is 0 Å². The first kappa shape index (κ1) is 19.1. The summed E-state index contributed by atoms with van der Waals surface area (Å²) in [4.78, 5) is 0. The summed E-state index contributed by atoms with van der Waals surface area (Å²) >= 11 is 0. The number of phenols is 1. The Balaban J connectivity index is 0.00000242. The molecule has 0 radical (unpaired) electrons. The third-order valence-electron chi connectivity index (χ3n) is 3.82. The predicted molar refractivity (Wildman–Crippen MR) is 91.2 cm³/mol. The van der Waals surface area contributed by atoms with Crippen molar-refractivity contribution >= 4 is 5.69 Å². The van der Waals surface area contributed by atoms with Crippen LogP contribution < -0.4 is 34.9 Å². The van der Waals surface area contributed by atoms with Gasteiger partial charge in [0, 0.05) is 17.8 Å². The van der Waals surface area contributed by atoms with Crippen LogP contribution in [0.1, 0.15) is 57.6 Å². The van der Waals surface area contributed by atoms with Gasteiger partial charge in [-0.2, -0.15) is 0 Å². The molecule has 0 spiro atoms. The zero-order chi connectivity index (χ0) is 15.4. The van der Waals surface area contributed by atoms with E-state index in [4.69, 9.17) is 0 Å². The van der Waals surface area contributed by atoms with Crippen LogP contribution >= 0.6 is 0 Å². The van der Waals surface area contributed by atoms with Crippen molar-refractivity contribution < 1.29 is 36.1 Å². The normalized spacial score (nSPS) is 10.6. The largest absolute Gasteiger partial charge is 1.00 e. The smallest absolute Gasteiger partial charge is 1.00 e. The topological polar surface area (TPSA) is 32.3 Å². The van der Waals surface area contributed by atoms with Gasteiger partial charge in [-0.1, -0.05) is 64.1 Å². The number of phenolic OH excluding ortho intramolecular Hbond substituents is 1. The van der Waals surface area contributed by atoms with Gasteiger partial charge in [-0.15, -0.1) is 0 Å². The number of aromatic hydroxyl groups is 1. The van der Waals surface area contributed by atoms with E-state index in [1.807, 2.05) is 18.2 Å². The summed E-state index contributed by atoms with van der Waals surface area (Å²) in [6, 6.07) is 14.0. The molecule has 0 saturated carbocycles. The van der Waals surface area contributed by atoms with Gasteiger partial charge in [-0.05, 0) is 29.0 Å². The molecule has 2 nitrogen and oxygen atoms in total. The van der Waals surface area contributed by atoms with Gasteiger partial charge < -0.3 is 11.8 Å². The molecule has 0 fully saturated rings. The molecule has 22 heavy (non-hydrogen) atoms. The van der Waals surface area contributed by atoms with E-state index in [1.165, 1.54) is 16.8 Å². The van der Waals surface area contributed by atoms with Crippen molar-refractivity contribution in [3.63, 3.8) is 0 Å². The van der Waals surface area contributed by atoms with Crippen LogP contribution in [0.2, 0.25) is 0 Å². The van der Waals surface area contributed by atoms with E-state index in [-0.39, 0.29) is 31.0 Å². The summed E-state index contributed by atoms with van der Waals surface area (Å²) in [7, 11) is 0. The third kappa shape index (κ3) is 4.52. The van der Waals surface area contributed by atoms with Crippen molar-refractivity contribution in [3.05, 3.63) is 59.2 Å². The van der Waals surface area contributed by atoms with Gasteiger partial charge in [0.25, 0.3) is 0 Å². The average molecular weight is 307 g/mol. The fourth-order valence-corrected chi connectivity index (χ4v) is 2.60. The summed E-state index contributed by atoms with van der Waals surface area (Å²) in [6.45, 7) is 9.49. The van der Waals surface area contributed by atoms with Crippen molar-refractivity contribution in [2.75, 3.05) is 5.32 Å². The number of benzene rings is 2. The summed E-state index contributed by atoms with van der Waals surface area (Å²) in [5.41, 5.74) is 4.80. The summed E-state index contributed by atoms with van der Waals surface area (Å²) in [5.74, 6) is 1.28. The number of para-hydroxylation sites is 2. The maximum Gasteiger partial charge on any atom is 1.00 e. The van der Waals surface area contributed by atoms with E-state index in [2.05, 4.69) is 51.2 Å². The minimum absolute atomic E-state index is 0. The van der Waals surface area contributed by atoms with Crippen LogP contribution in [0, 0.1) is 0 Å². The molecule has 0 amide bonds. The van der Waals surface area contributed by atoms with E-state index in [0.717, 1.165) is 5.56 Å². The maximum absolute atomic E-state index is 9.91. The molecule has 0 unspecified atom stereocenters. The van der Waals surface area contributed by atoms with Gasteiger partial charge in [-0.25, -0.2) is 0 Å². The first-order valence-corrected chi connectivity index (χ1v) is 7.64. The number of nitrogens with one attached hydrogen (secondary N) is 1. The van der Waals surface area contributed by atoms with Crippen molar-refractivity contribution in [3.8, 4) is 5.75 Å². The zero-order valence-electron chi connectivity index (χ0n) is 15.4. The minimum Gasteiger partial charge on any atom is -1.00 e. The zero-order valence-corrected chi connectivity index (χ0v) is 16.4. The molecule has 2 aromatic rings. The van der Waals surface area contributed by atoms with Crippen LogP contribution in [0.4, 0.5) is 5.69 Å². The first-order chi connectivity index (χ1) is 10.0. The van der Waals surface area contributed by atoms with Gasteiger partial charge in [0.15, 0.2) is 0 Å². The van der Waals surface area contributed by atoms with Gasteiger partial charge in [0.05, 0.1) is 0 Å². The minimum atomic E-state index is 0. The van der Waals surface area contributed by atoms with E-state index >= 15 is 0 Å². The number of anilines is 1. The molecule has 2 aromatic carbocycles. The molecule has 2 rings (SSSR count). The first-order valence-electron chi connectivity index (χ1n) is 7.64. The molecule has 0 aliphatic rings. The molecule has 0 bridgehead atoms. The van der Waals surface area contributed by atoms with Crippen molar-refractivity contribution in [2.24, 2.45) is 0 Å². The fourth-order valence-electron chi connectivity index (χ4n) is 2.60. The Kier molecular flexibility index (Phi) is 7.47. The Hall–Kier alpha value is -0.960. The Morgan fingerprint density at radius 1 is 0.909 bits per heavy atom. The maximum atomic E-state index is 9.91. The summed E-state index contributed by atoms with van der Waals surface area (Å²) in [6.07, 6.45) is 0. The van der Waals surface area contributed by atoms with E-state index in [0.29, 0.717) is 24.1 Å². The summed E-state index contributed by atoms with van der Waals surface area (Å²) < 4.78 is 0. The Morgan fingerprint density at radius 3 is 1.95 bits per heavy atom. The quantitative estimate of drug-likeness (QED) is 0.831. The number of rotatable bonds is 5. The molecule has 0 aliphatic carbocycles. The molecular formula is C19H26NNaO. The van der Waals surface area contributed by atoms with E-state index in [9.17, 15) is 5.11 Å². The van der Waals surface area contributed by atoms with Gasteiger partial charge in [-0.3, -0.25) is 0 Å². The second kappa shape index (κ2) is 8.61. The van der Waals surface area contributed by atoms with Crippen LogP contribution in [0.25, 0.3) is 0 Å².